The zero-order valence-corrected chi connectivity index (χ0v) is 21.6. The minimum Gasteiger partial charge on any atom is -0.456 e. The Labute approximate surface area is 229 Å². The van der Waals surface area contributed by atoms with E-state index in [1.54, 1.807) is 6.20 Å². The summed E-state index contributed by atoms with van der Waals surface area (Å²) in [5.74, 6) is 2.26. The Morgan fingerprint density at radius 2 is 1.48 bits per heavy atom. The third kappa shape index (κ3) is 3.71. The standard InChI is InChI=1S/C33H23N3O4/c1-35-14-15-36(20-35)26-17-22(18-29-32(26)24-9-3-5-11-28(24)39-29)37-30-19-21(38-31-12-6-7-13-34-31)16-25-23-8-2-4-10-27(23)40-33(25)30/h2-19H,20H2,1H3. The van der Waals surface area contributed by atoms with Crippen molar-refractivity contribution in [3.05, 3.63) is 110 Å². The molecule has 4 heterocycles. The molecule has 0 amide bonds. The molecule has 0 saturated heterocycles. The van der Waals surface area contributed by atoms with Gasteiger partial charge in [-0.1, -0.05) is 42.5 Å². The zero-order chi connectivity index (χ0) is 26.6. The maximum Gasteiger partial charge on any atom is 0.219 e. The van der Waals surface area contributed by atoms with Crippen molar-refractivity contribution in [1.82, 2.24) is 9.88 Å². The first kappa shape index (κ1) is 22.5. The fourth-order valence-electron chi connectivity index (χ4n) is 5.34. The normalized spacial score (nSPS) is 13.3. The molecule has 4 aromatic carbocycles. The Hall–Kier alpha value is -5.43. The van der Waals surface area contributed by atoms with E-state index in [9.17, 15) is 0 Å². The van der Waals surface area contributed by atoms with E-state index in [0.29, 0.717) is 28.7 Å². The van der Waals surface area contributed by atoms with Crippen LogP contribution in [0, 0.1) is 0 Å². The number of para-hydroxylation sites is 2. The van der Waals surface area contributed by atoms with Gasteiger partial charge in [-0.25, -0.2) is 4.98 Å². The van der Waals surface area contributed by atoms with Gasteiger partial charge in [0.1, 0.15) is 28.2 Å². The largest absolute Gasteiger partial charge is 0.456 e. The van der Waals surface area contributed by atoms with Crippen molar-refractivity contribution >= 4 is 49.6 Å². The highest BCUT2D eigenvalue weighted by atomic mass is 16.5. The molecule has 0 spiro atoms. The van der Waals surface area contributed by atoms with E-state index in [2.05, 4.69) is 39.3 Å². The van der Waals surface area contributed by atoms with E-state index in [1.165, 1.54) is 0 Å². The highest BCUT2D eigenvalue weighted by Crippen LogP contribution is 2.44. The van der Waals surface area contributed by atoms with Gasteiger partial charge in [0, 0.05) is 66.1 Å². The summed E-state index contributed by atoms with van der Waals surface area (Å²) in [6.45, 7) is 0.722. The Bertz CT molecular complexity index is 2080. The van der Waals surface area contributed by atoms with Crippen LogP contribution in [0.25, 0.3) is 43.9 Å². The molecule has 7 heteroatoms. The molecule has 0 N–H and O–H groups in total. The van der Waals surface area contributed by atoms with Crippen molar-refractivity contribution in [2.24, 2.45) is 0 Å². The quantitative estimate of drug-likeness (QED) is 0.223. The molecule has 0 aliphatic carbocycles. The monoisotopic (exact) mass is 525 g/mol. The summed E-state index contributed by atoms with van der Waals surface area (Å²) >= 11 is 0. The molecule has 0 bridgehead atoms. The van der Waals surface area contributed by atoms with Crippen molar-refractivity contribution in [2.45, 2.75) is 0 Å². The second kappa shape index (κ2) is 8.81. The first-order chi connectivity index (χ1) is 19.7. The molecule has 7 aromatic rings. The smallest absolute Gasteiger partial charge is 0.219 e. The van der Waals surface area contributed by atoms with Crippen molar-refractivity contribution in [2.75, 3.05) is 18.6 Å². The number of aromatic nitrogens is 1. The van der Waals surface area contributed by atoms with Crippen LogP contribution in [0.1, 0.15) is 0 Å². The molecule has 8 rings (SSSR count). The fourth-order valence-corrected chi connectivity index (χ4v) is 5.34. The van der Waals surface area contributed by atoms with E-state index in [0.717, 1.165) is 50.7 Å². The van der Waals surface area contributed by atoms with Gasteiger partial charge in [-0.05, 0) is 24.3 Å². The number of hydrogen-bond donors (Lipinski definition) is 0. The molecule has 7 nitrogen and oxygen atoms in total. The van der Waals surface area contributed by atoms with Gasteiger partial charge >= 0.3 is 0 Å². The number of anilines is 1. The molecule has 0 radical (unpaired) electrons. The van der Waals surface area contributed by atoms with Gasteiger partial charge in [-0.2, -0.15) is 0 Å². The van der Waals surface area contributed by atoms with E-state index in [4.69, 9.17) is 18.3 Å². The summed E-state index contributed by atoms with van der Waals surface area (Å²) in [5, 5.41) is 3.98. The molecule has 0 atom stereocenters. The Balaban J connectivity index is 1.30. The van der Waals surface area contributed by atoms with Crippen LogP contribution in [-0.2, 0) is 0 Å². The number of benzene rings is 4. The molecule has 194 valence electrons. The molecular formula is C33H23N3O4. The molecule has 1 aliphatic rings. The van der Waals surface area contributed by atoms with Crippen molar-refractivity contribution in [3.63, 3.8) is 0 Å². The second-order valence-electron chi connectivity index (χ2n) is 9.85. The number of furan rings is 2. The van der Waals surface area contributed by atoms with Crippen LogP contribution in [0.3, 0.4) is 0 Å². The molecule has 40 heavy (non-hydrogen) atoms. The Morgan fingerprint density at radius 3 is 2.27 bits per heavy atom. The van der Waals surface area contributed by atoms with Gasteiger partial charge in [0.15, 0.2) is 11.3 Å². The van der Waals surface area contributed by atoms with Crippen LogP contribution in [0.15, 0.2) is 118 Å². The van der Waals surface area contributed by atoms with E-state index in [-0.39, 0.29) is 0 Å². The lowest BCUT2D eigenvalue weighted by molar-refractivity contribution is 0.448. The molecule has 3 aromatic heterocycles. The summed E-state index contributed by atoms with van der Waals surface area (Å²) < 4.78 is 25.3. The number of fused-ring (bicyclic) bond motifs is 6. The lowest BCUT2D eigenvalue weighted by Gasteiger charge is -2.20. The van der Waals surface area contributed by atoms with Gasteiger partial charge in [-0.3, -0.25) is 0 Å². The highest BCUT2D eigenvalue weighted by Gasteiger charge is 2.21. The third-order valence-corrected chi connectivity index (χ3v) is 7.12. The minimum atomic E-state index is 0.497. The molecule has 1 aliphatic heterocycles. The average molecular weight is 526 g/mol. The summed E-state index contributed by atoms with van der Waals surface area (Å²) in [6.07, 6.45) is 5.82. The molecule has 0 unspecified atom stereocenters. The third-order valence-electron chi connectivity index (χ3n) is 7.12. The van der Waals surface area contributed by atoms with Gasteiger partial charge in [0.2, 0.25) is 5.88 Å². The number of pyridine rings is 1. The van der Waals surface area contributed by atoms with Crippen LogP contribution in [0.2, 0.25) is 0 Å². The number of rotatable bonds is 5. The molecular weight excluding hydrogens is 502 g/mol. The summed E-state index contributed by atoms with van der Waals surface area (Å²) in [4.78, 5) is 8.63. The van der Waals surface area contributed by atoms with Crippen LogP contribution in [0.4, 0.5) is 5.69 Å². The molecule has 0 fully saturated rings. The maximum atomic E-state index is 6.61. The highest BCUT2D eigenvalue weighted by molar-refractivity contribution is 6.12. The second-order valence-corrected chi connectivity index (χ2v) is 9.85. The van der Waals surface area contributed by atoms with Crippen LogP contribution >= 0.6 is 0 Å². The van der Waals surface area contributed by atoms with E-state index >= 15 is 0 Å². The fraction of sp³-hybridized carbons (Fsp3) is 0.0606. The lowest BCUT2D eigenvalue weighted by Crippen LogP contribution is -2.21. The van der Waals surface area contributed by atoms with Crippen LogP contribution in [0.5, 0.6) is 23.1 Å². The van der Waals surface area contributed by atoms with E-state index in [1.807, 2.05) is 85.9 Å². The van der Waals surface area contributed by atoms with Gasteiger partial charge < -0.3 is 28.1 Å². The first-order valence-corrected chi connectivity index (χ1v) is 13.0. The topological polar surface area (TPSA) is 64.1 Å². The number of nitrogens with zero attached hydrogens (tertiary/aromatic N) is 3. The number of ether oxygens (including phenoxy) is 2. The Morgan fingerprint density at radius 1 is 0.700 bits per heavy atom. The number of hydrogen-bond acceptors (Lipinski definition) is 7. The zero-order valence-electron chi connectivity index (χ0n) is 21.6. The maximum absolute atomic E-state index is 6.61. The average Bonchev–Trinajstić information content (AvgIpc) is 3.68. The van der Waals surface area contributed by atoms with Crippen molar-refractivity contribution in [3.8, 4) is 23.1 Å². The van der Waals surface area contributed by atoms with Gasteiger partial charge in [-0.15, -0.1) is 0 Å². The Kier molecular flexibility index (Phi) is 4.97. The predicted molar refractivity (Wildman–Crippen MR) is 156 cm³/mol. The summed E-state index contributed by atoms with van der Waals surface area (Å²) in [7, 11) is 2.05. The summed E-state index contributed by atoms with van der Waals surface area (Å²) in [6, 6.07) is 29.4. The SMILES string of the molecule is CN1C=CN(c2cc(Oc3cc(Oc4ccccn4)cc4c3oc3ccccc34)cc3oc4ccccc4c23)C1. The van der Waals surface area contributed by atoms with Crippen molar-refractivity contribution < 1.29 is 18.3 Å². The van der Waals surface area contributed by atoms with Crippen molar-refractivity contribution in [1.29, 1.82) is 0 Å². The molecule has 0 saturated carbocycles. The predicted octanol–water partition coefficient (Wildman–Crippen LogP) is 8.65. The van der Waals surface area contributed by atoms with Crippen LogP contribution in [-0.4, -0.2) is 23.6 Å². The van der Waals surface area contributed by atoms with Gasteiger partial charge in [0.05, 0.1) is 17.7 Å². The lowest BCUT2D eigenvalue weighted by atomic mass is 10.1. The first-order valence-electron chi connectivity index (χ1n) is 13.0. The van der Waals surface area contributed by atoms with Gasteiger partial charge in [0.25, 0.3) is 0 Å². The summed E-state index contributed by atoms with van der Waals surface area (Å²) in [5.41, 5.74) is 3.99. The van der Waals surface area contributed by atoms with E-state index < -0.39 is 0 Å². The minimum absolute atomic E-state index is 0.497. The van der Waals surface area contributed by atoms with Crippen LogP contribution < -0.4 is 14.4 Å².